The third-order valence-corrected chi connectivity index (χ3v) is 14.3. The van der Waals surface area contributed by atoms with Gasteiger partial charge < -0.3 is 24.8 Å². The highest BCUT2D eigenvalue weighted by Gasteiger charge is 2.68. The molecule has 10 heteroatoms. The number of anilines is 2. The zero-order chi connectivity index (χ0) is 36.6. The summed E-state index contributed by atoms with van der Waals surface area (Å²) in [5, 5.41) is 14.9. The van der Waals surface area contributed by atoms with Crippen molar-refractivity contribution in [2.24, 2.45) is 34.0 Å². The number of carbonyl (C=O) groups is 3. The lowest BCUT2D eigenvalue weighted by Crippen LogP contribution is -2.63. The van der Waals surface area contributed by atoms with Crippen LogP contribution in [0.5, 0.6) is 5.75 Å². The highest BCUT2D eigenvalue weighted by Crippen LogP contribution is 2.68. The fourth-order valence-corrected chi connectivity index (χ4v) is 10.7. The molecule has 9 nitrogen and oxygen atoms in total. The molecule has 1 saturated heterocycles. The summed E-state index contributed by atoms with van der Waals surface area (Å²) in [6.45, 7) is 15.9. The molecule has 0 unspecified atom stereocenters. The second-order valence-corrected chi connectivity index (χ2v) is 16.8. The first-order valence-corrected chi connectivity index (χ1v) is 19.5. The molecule has 1 aliphatic heterocycles. The van der Waals surface area contributed by atoms with E-state index in [-0.39, 0.29) is 53.1 Å². The number of nitrogens with zero attached hydrogens (tertiary/aromatic N) is 2. The normalized spacial score (nSPS) is 33.8. The van der Waals surface area contributed by atoms with Crippen LogP contribution in [0.4, 0.5) is 11.4 Å². The molecule has 3 saturated carbocycles. The van der Waals surface area contributed by atoms with E-state index in [9.17, 15) is 19.5 Å². The van der Waals surface area contributed by atoms with Crippen LogP contribution in [-0.4, -0.2) is 85.5 Å². The van der Waals surface area contributed by atoms with Crippen LogP contribution in [0.25, 0.3) is 0 Å². The third-order valence-electron chi connectivity index (χ3n) is 13.2. The summed E-state index contributed by atoms with van der Waals surface area (Å²) < 4.78 is 12.0. The fraction of sp³-hybridized carbons (Fsp3) is 0.585. The number of aliphatic hydroxyl groups is 1. The number of hydrogen-bond acceptors (Lipinski definition) is 9. The molecule has 2 aromatic carbocycles. The molecular formula is C41H55N3O6S. The number of para-hydroxylation sites is 3. The molecule has 2 aromatic rings. The number of esters is 1. The van der Waals surface area contributed by atoms with E-state index in [0.717, 1.165) is 61.8 Å². The molecule has 8 atom stereocenters. The number of ether oxygens (including phenoxy) is 2. The van der Waals surface area contributed by atoms with E-state index < -0.39 is 23.0 Å². The van der Waals surface area contributed by atoms with Gasteiger partial charge in [-0.25, -0.2) is 0 Å². The minimum absolute atomic E-state index is 0.0479. The zero-order valence-electron chi connectivity index (χ0n) is 30.9. The Morgan fingerprint density at radius 1 is 1.06 bits per heavy atom. The van der Waals surface area contributed by atoms with Crippen LogP contribution < -0.4 is 15.0 Å². The molecule has 3 aliphatic carbocycles. The largest absolute Gasteiger partial charge is 0.495 e. The van der Waals surface area contributed by atoms with E-state index in [0.29, 0.717) is 18.5 Å². The van der Waals surface area contributed by atoms with Crippen LogP contribution in [0.15, 0.2) is 66.1 Å². The van der Waals surface area contributed by atoms with Crippen molar-refractivity contribution in [1.29, 1.82) is 0 Å². The summed E-state index contributed by atoms with van der Waals surface area (Å²) in [6, 6.07) is 15.5. The summed E-state index contributed by atoms with van der Waals surface area (Å²) in [7, 11) is 1.68. The monoisotopic (exact) mass is 717 g/mol. The molecule has 0 aromatic heterocycles. The Bertz CT molecular complexity index is 1630. The first-order chi connectivity index (χ1) is 24.4. The number of Topliss-reactive ketones (excluding diaryl/α,β-unsaturated/α-hetero) is 1. The topological polar surface area (TPSA) is 108 Å². The summed E-state index contributed by atoms with van der Waals surface area (Å²) in [5.74, 6) is 0.479. The number of amides is 1. The molecule has 2 bridgehead atoms. The zero-order valence-corrected chi connectivity index (χ0v) is 31.7. The van der Waals surface area contributed by atoms with Crippen molar-refractivity contribution in [2.45, 2.75) is 76.9 Å². The second kappa shape index (κ2) is 15.0. The van der Waals surface area contributed by atoms with Crippen molar-refractivity contribution < 1.29 is 29.0 Å². The average molecular weight is 718 g/mol. The predicted octanol–water partition coefficient (Wildman–Crippen LogP) is 6.45. The number of aliphatic hydroxyl groups excluding tert-OH is 1. The number of thioether (sulfide) groups is 1. The summed E-state index contributed by atoms with van der Waals surface area (Å²) in [4.78, 5) is 45.9. The highest BCUT2D eigenvalue weighted by atomic mass is 32.2. The number of piperazine rings is 1. The molecule has 51 heavy (non-hydrogen) atoms. The maximum atomic E-state index is 13.8. The van der Waals surface area contributed by atoms with Crippen LogP contribution in [0.2, 0.25) is 0 Å². The summed E-state index contributed by atoms with van der Waals surface area (Å²) in [5.41, 5.74) is 0.159. The van der Waals surface area contributed by atoms with Gasteiger partial charge in [0.2, 0.25) is 5.91 Å². The van der Waals surface area contributed by atoms with Gasteiger partial charge in [-0.1, -0.05) is 58.0 Å². The number of carbonyl (C=O) groups excluding carboxylic acids is 3. The Morgan fingerprint density at radius 3 is 2.49 bits per heavy atom. The Labute approximate surface area is 307 Å². The lowest BCUT2D eigenvalue weighted by atomic mass is 9.44. The second-order valence-electron chi connectivity index (χ2n) is 15.8. The van der Waals surface area contributed by atoms with Gasteiger partial charge in [0.15, 0.2) is 0 Å². The van der Waals surface area contributed by atoms with Gasteiger partial charge in [0, 0.05) is 54.2 Å². The summed E-state index contributed by atoms with van der Waals surface area (Å²) in [6.07, 6.45) is 4.05. The molecule has 276 valence electrons. The van der Waals surface area contributed by atoms with Crippen LogP contribution in [-0.2, 0) is 19.1 Å². The van der Waals surface area contributed by atoms with Crippen molar-refractivity contribution in [2.75, 3.05) is 55.8 Å². The van der Waals surface area contributed by atoms with Gasteiger partial charge in [0.05, 0.1) is 36.9 Å². The van der Waals surface area contributed by atoms with Gasteiger partial charge in [0.25, 0.3) is 0 Å². The number of rotatable bonds is 10. The van der Waals surface area contributed by atoms with E-state index in [2.05, 4.69) is 48.5 Å². The minimum atomic E-state index is -0.705. The predicted molar refractivity (Wildman–Crippen MR) is 202 cm³/mol. The van der Waals surface area contributed by atoms with Crippen molar-refractivity contribution in [1.82, 2.24) is 4.90 Å². The Morgan fingerprint density at radius 2 is 1.76 bits per heavy atom. The van der Waals surface area contributed by atoms with E-state index in [1.165, 1.54) is 11.8 Å². The molecule has 0 spiro atoms. The van der Waals surface area contributed by atoms with Crippen LogP contribution >= 0.6 is 11.8 Å². The molecule has 1 heterocycles. The smallest absolute Gasteiger partial charge is 0.316 e. The molecule has 6 rings (SSSR count). The number of ketones is 1. The van der Waals surface area contributed by atoms with E-state index >= 15 is 0 Å². The van der Waals surface area contributed by atoms with Gasteiger partial charge in [-0.05, 0) is 67.2 Å². The standard InChI is InChI=1S/C41H55N3O6S/c1-7-39(4)24-34(40(5)27(2)16-18-41(28(3)38(39)48)19-17-31(45)37(40)41)50-36(47)26-51-33-15-11-8-12-29(33)42-35(46)25-43-20-22-44(23-21-43)30-13-9-10-14-32(30)49-6/h7-15,27-28,34,37-38,48H,1,16-26H2,2-6H3,(H,42,46)/t27-,28+,34-,37+,38+,39-,40+,41+/m1/s1. The van der Waals surface area contributed by atoms with Crippen molar-refractivity contribution >= 4 is 40.8 Å². The van der Waals surface area contributed by atoms with Gasteiger partial charge in [-0.15, -0.1) is 18.3 Å². The van der Waals surface area contributed by atoms with Gasteiger partial charge in [0.1, 0.15) is 17.6 Å². The molecule has 1 amide bonds. The van der Waals surface area contributed by atoms with E-state index in [1.54, 1.807) is 7.11 Å². The molecular weight excluding hydrogens is 663 g/mol. The number of methoxy groups -OCH3 is 1. The molecule has 2 N–H and O–H groups in total. The van der Waals surface area contributed by atoms with Crippen molar-refractivity contribution in [3.8, 4) is 5.75 Å². The minimum Gasteiger partial charge on any atom is -0.495 e. The van der Waals surface area contributed by atoms with Crippen LogP contribution in [0, 0.1) is 34.0 Å². The highest BCUT2D eigenvalue weighted by molar-refractivity contribution is 8.00. The van der Waals surface area contributed by atoms with Gasteiger partial charge >= 0.3 is 5.97 Å². The first-order valence-electron chi connectivity index (χ1n) is 18.5. The SMILES string of the molecule is C=C[C@]1(C)C[C@@H](OC(=O)CSc2ccccc2NC(=O)CN2CCN(c3ccccc3OC)CC2)[C@]2(C)[C@H](C)CC[C@]3(CCC(=O)[C@H]32)[C@@H](C)[C@@H]1O. The van der Waals surface area contributed by atoms with Crippen molar-refractivity contribution in [3.05, 3.63) is 61.2 Å². The van der Waals surface area contributed by atoms with Gasteiger partial charge in [-0.2, -0.15) is 0 Å². The Kier molecular flexibility index (Phi) is 11.0. The van der Waals surface area contributed by atoms with Crippen LogP contribution in [0.1, 0.15) is 59.8 Å². The van der Waals surface area contributed by atoms with Crippen LogP contribution in [0.3, 0.4) is 0 Å². The maximum Gasteiger partial charge on any atom is 0.316 e. The lowest BCUT2D eigenvalue weighted by Gasteiger charge is -2.61. The van der Waals surface area contributed by atoms with Gasteiger partial charge in [-0.3, -0.25) is 19.3 Å². The molecule has 0 radical (unpaired) electrons. The number of nitrogens with one attached hydrogen (secondary N) is 1. The first kappa shape index (κ1) is 37.4. The Hall–Kier alpha value is -3.34. The van der Waals surface area contributed by atoms with E-state index in [4.69, 9.17) is 9.47 Å². The third kappa shape index (κ3) is 6.96. The number of benzene rings is 2. The maximum absolute atomic E-state index is 13.8. The fourth-order valence-electron chi connectivity index (χ4n) is 9.96. The summed E-state index contributed by atoms with van der Waals surface area (Å²) >= 11 is 1.33. The quantitative estimate of drug-likeness (QED) is 0.163. The van der Waals surface area contributed by atoms with Crippen molar-refractivity contribution in [3.63, 3.8) is 0 Å². The molecule has 4 fully saturated rings. The Balaban J connectivity index is 1.10. The lowest BCUT2D eigenvalue weighted by molar-refractivity contribution is -0.205. The van der Waals surface area contributed by atoms with E-state index in [1.807, 2.05) is 55.5 Å². The number of hydrogen-bond donors (Lipinski definition) is 2. The molecule has 4 aliphatic rings. The average Bonchev–Trinajstić information content (AvgIpc) is 3.49.